The van der Waals surface area contributed by atoms with Crippen LogP contribution in [0.2, 0.25) is 0 Å². The molecule has 29 heavy (non-hydrogen) atoms. The molecule has 1 saturated heterocycles. The van der Waals surface area contributed by atoms with Crippen LogP contribution < -0.4 is 9.64 Å². The van der Waals surface area contributed by atoms with E-state index in [1.807, 2.05) is 35.2 Å². The molecule has 1 aliphatic rings. The lowest BCUT2D eigenvalue weighted by atomic mass is 10.2. The van der Waals surface area contributed by atoms with Crippen molar-refractivity contribution in [2.24, 2.45) is 0 Å². The van der Waals surface area contributed by atoms with E-state index in [2.05, 4.69) is 4.98 Å². The van der Waals surface area contributed by atoms with E-state index >= 15 is 0 Å². The first-order valence-electron chi connectivity index (χ1n) is 9.80. The Labute approximate surface area is 171 Å². The lowest BCUT2D eigenvalue weighted by Crippen LogP contribution is -2.25. The normalized spacial score (nSPS) is 15.1. The van der Waals surface area contributed by atoms with Gasteiger partial charge >= 0.3 is 0 Å². The number of nitrogens with zero attached hydrogens (tertiary/aromatic N) is 2. The quantitative estimate of drug-likeness (QED) is 0.612. The monoisotopic (exact) mass is 412 g/mol. The summed E-state index contributed by atoms with van der Waals surface area (Å²) in [6, 6.07) is 15.7. The van der Waals surface area contributed by atoms with Crippen molar-refractivity contribution >= 4 is 15.7 Å². The average Bonchev–Trinajstić information content (AvgIpc) is 3.04. The van der Waals surface area contributed by atoms with Gasteiger partial charge in [-0.3, -0.25) is 0 Å². The first kappa shape index (κ1) is 19.5. The van der Waals surface area contributed by atoms with Gasteiger partial charge in [-0.15, -0.1) is 0 Å². The lowest BCUT2D eigenvalue weighted by Gasteiger charge is -2.20. The van der Waals surface area contributed by atoms with Crippen molar-refractivity contribution in [1.29, 1.82) is 0 Å². The van der Waals surface area contributed by atoms with E-state index in [0.29, 0.717) is 17.5 Å². The number of anilines is 1. The van der Waals surface area contributed by atoms with Crippen molar-refractivity contribution in [3.05, 3.63) is 54.6 Å². The Balaban J connectivity index is 1.82. The number of aromatic nitrogens is 1. The molecule has 1 aromatic heterocycles. The van der Waals surface area contributed by atoms with E-state index in [4.69, 9.17) is 9.15 Å². The Morgan fingerprint density at radius 3 is 2.21 bits per heavy atom. The summed E-state index contributed by atoms with van der Waals surface area (Å²) in [6.07, 6.45) is 4.28. The molecule has 0 radical (unpaired) electrons. The number of sulfone groups is 1. The van der Waals surface area contributed by atoms with Crippen LogP contribution in [0, 0.1) is 0 Å². The predicted molar refractivity (Wildman–Crippen MR) is 111 cm³/mol. The number of oxazole rings is 1. The summed E-state index contributed by atoms with van der Waals surface area (Å²) < 4.78 is 38.1. The number of methoxy groups -OCH3 is 1. The molecular weight excluding hydrogens is 388 g/mol. The van der Waals surface area contributed by atoms with Gasteiger partial charge in [-0.05, 0) is 49.2 Å². The summed E-state index contributed by atoms with van der Waals surface area (Å²) in [5.41, 5.74) is 0.750. The summed E-state index contributed by atoms with van der Waals surface area (Å²) in [5.74, 6) is 1.25. The molecule has 0 N–H and O–H groups in total. The highest BCUT2D eigenvalue weighted by atomic mass is 32.2. The van der Waals surface area contributed by atoms with Crippen LogP contribution in [-0.2, 0) is 9.84 Å². The highest BCUT2D eigenvalue weighted by molar-refractivity contribution is 7.91. The molecule has 0 spiro atoms. The Bertz CT molecular complexity index is 1050. The molecule has 2 heterocycles. The van der Waals surface area contributed by atoms with Gasteiger partial charge in [0.25, 0.3) is 0 Å². The van der Waals surface area contributed by atoms with E-state index < -0.39 is 9.84 Å². The van der Waals surface area contributed by atoms with Crippen LogP contribution in [0.5, 0.6) is 5.75 Å². The molecule has 7 heteroatoms. The Kier molecular flexibility index (Phi) is 5.58. The SMILES string of the molecule is COc1ccc(S(=O)(=O)c2nc(-c3ccccc3)oc2N2CCCCCC2)cc1. The standard InChI is InChI=1S/C22H24N2O4S/c1-27-18-11-13-19(14-12-18)29(25,26)21-22(24-15-7-2-3-8-16-24)28-20(23-21)17-9-5-4-6-10-17/h4-6,9-14H,2-3,7-8,15-16H2,1H3. The van der Waals surface area contributed by atoms with Crippen LogP contribution in [0.3, 0.4) is 0 Å². The van der Waals surface area contributed by atoms with Crippen LogP contribution in [0.1, 0.15) is 25.7 Å². The molecule has 1 aliphatic heterocycles. The third-order valence-corrected chi connectivity index (χ3v) is 6.79. The summed E-state index contributed by atoms with van der Waals surface area (Å²) in [6.45, 7) is 1.52. The smallest absolute Gasteiger partial charge is 0.236 e. The molecule has 6 nitrogen and oxygen atoms in total. The minimum Gasteiger partial charge on any atom is -0.497 e. The Hall–Kier alpha value is -2.80. The molecule has 0 aliphatic carbocycles. The summed E-state index contributed by atoms with van der Waals surface area (Å²) in [7, 11) is -2.30. The van der Waals surface area contributed by atoms with Crippen molar-refractivity contribution < 1.29 is 17.6 Å². The second-order valence-electron chi connectivity index (χ2n) is 7.08. The molecule has 4 rings (SSSR count). The lowest BCUT2D eigenvalue weighted by molar-refractivity contribution is 0.414. The second-order valence-corrected chi connectivity index (χ2v) is 8.94. The fraction of sp³-hybridized carbons (Fsp3) is 0.318. The van der Waals surface area contributed by atoms with Gasteiger partial charge < -0.3 is 14.1 Å². The van der Waals surface area contributed by atoms with Crippen LogP contribution in [0.4, 0.5) is 5.88 Å². The van der Waals surface area contributed by atoms with Crippen molar-refractivity contribution in [2.75, 3.05) is 25.1 Å². The van der Waals surface area contributed by atoms with Crippen molar-refractivity contribution in [3.8, 4) is 17.2 Å². The number of hydrogen-bond acceptors (Lipinski definition) is 6. The maximum atomic E-state index is 13.4. The van der Waals surface area contributed by atoms with Crippen LogP contribution in [0.25, 0.3) is 11.5 Å². The molecular formula is C22H24N2O4S. The third kappa shape index (κ3) is 4.00. The first-order valence-corrected chi connectivity index (χ1v) is 11.3. The van der Waals surface area contributed by atoms with Crippen LogP contribution in [0.15, 0.2) is 68.9 Å². The molecule has 0 saturated carbocycles. The minimum absolute atomic E-state index is 0.0246. The highest BCUT2D eigenvalue weighted by Gasteiger charge is 2.31. The maximum Gasteiger partial charge on any atom is 0.236 e. The zero-order valence-corrected chi connectivity index (χ0v) is 17.2. The van der Waals surface area contributed by atoms with Crippen LogP contribution in [-0.4, -0.2) is 33.6 Å². The van der Waals surface area contributed by atoms with Gasteiger partial charge in [-0.25, -0.2) is 8.42 Å². The fourth-order valence-corrected chi connectivity index (χ4v) is 4.84. The van der Waals surface area contributed by atoms with Gasteiger partial charge in [-0.2, -0.15) is 4.98 Å². The predicted octanol–water partition coefficient (Wildman–Crippen LogP) is 4.56. The molecule has 0 unspecified atom stereocenters. The highest BCUT2D eigenvalue weighted by Crippen LogP contribution is 2.36. The average molecular weight is 413 g/mol. The van der Waals surface area contributed by atoms with E-state index in [1.165, 1.54) is 12.1 Å². The molecule has 0 amide bonds. The zero-order valence-electron chi connectivity index (χ0n) is 16.4. The summed E-state index contributed by atoms with van der Waals surface area (Å²) >= 11 is 0. The first-order chi connectivity index (χ1) is 14.1. The number of hydrogen-bond donors (Lipinski definition) is 0. The van der Waals surface area contributed by atoms with Crippen molar-refractivity contribution in [2.45, 2.75) is 35.6 Å². The van der Waals surface area contributed by atoms with E-state index in [-0.39, 0.29) is 9.92 Å². The van der Waals surface area contributed by atoms with E-state index in [0.717, 1.165) is 44.3 Å². The minimum atomic E-state index is -3.85. The molecule has 2 aromatic carbocycles. The van der Waals surface area contributed by atoms with E-state index in [1.54, 1.807) is 19.2 Å². The van der Waals surface area contributed by atoms with Gasteiger partial charge in [0.2, 0.25) is 26.6 Å². The maximum absolute atomic E-state index is 13.4. The zero-order chi connectivity index (χ0) is 20.3. The third-order valence-electron chi connectivity index (χ3n) is 5.12. The van der Waals surface area contributed by atoms with Crippen LogP contribution >= 0.6 is 0 Å². The summed E-state index contributed by atoms with van der Waals surface area (Å²) in [4.78, 5) is 6.63. The van der Waals surface area contributed by atoms with Gasteiger partial charge in [0.05, 0.1) is 12.0 Å². The Morgan fingerprint density at radius 1 is 0.931 bits per heavy atom. The van der Waals surface area contributed by atoms with Gasteiger partial charge in [0.15, 0.2) is 0 Å². The van der Waals surface area contributed by atoms with Gasteiger partial charge in [0, 0.05) is 18.7 Å². The van der Waals surface area contributed by atoms with Crippen molar-refractivity contribution in [3.63, 3.8) is 0 Å². The Morgan fingerprint density at radius 2 is 1.59 bits per heavy atom. The number of rotatable bonds is 5. The molecule has 3 aromatic rings. The van der Waals surface area contributed by atoms with E-state index in [9.17, 15) is 8.42 Å². The van der Waals surface area contributed by atoms with Crippen molar-refractivity contribution in [1.82, 2.24) is 4.98 Å². The van der Waals surface area contributed by atoms with Gasteiger partial charge in [0.1, 0.15) is 5.75 Å². The second kappa shape index (κ2) is 8.29. The summed E-state index contributed by atoms with van der Waals surface area (Å²) in [5, 5.41) is -0.0246. The molecule has 1 fully saturated rings. The van der Waals surface area contributed by atoms with Gasteiger partial charge in [-0.1, -0.05) is 31.0 Å². The number of ether oxygens (including phenoxy) is 1. The molecule has 0 bridgehead atoms. The topological polar surface area (TPSA) is 72.6 Å². The molecule has 0 atom stereocenters. The largest absolute Gasteiger partial charge is 0.497 e. The molecule has 152 valence electrons. The fourth-order valence-electron chi connectivity index (χ4n) is 3.52. The number of benzene rings is 2.